The zero-order chi connectivity index (χ0) is 17.9. The lowest BCUT2D eigenvalue weighted by Gasteiger charge is -2.34. The van der Waals surface area contributed by atoms with Crippen LogP contribution in [0.2, 0.25) is 0 Å². The highest BCUT2D eigenvalue weighted by molar-refractivity contribution is 5.91. The van der Waals surface area contributed by atoms with Crippen LogP contribution in [-0.2, 0) is 4.74 Å². The molecule has 1 fully saturated rings. The average molecular weight is 346 g/mol. The fourth-order valence-electron chi connectivity index (χ4n) is 2.73. The van der Waals surface area contributed by atoms with E-state index in [0.29, 0.717) is 0 Å². The average Bonchev–Trinajstić information content (AvgIpc) is 2.53. The van der Waals surface area contributed by atoms with Crippen LogP contribution in [0.15, 0.2) is 18.2 Å². The molecule has 0 atom stereocenters. The molecule has 0 saturated carbocycles. The lowest BCUT2D eigenvalue weighted by Crippen LogP contribution is -2.39. The molecule has 2 rings (SSSR count). The molecule has 1 aromatic carbocycles. The first-order valence-electron chi connectivity index (χ1n) is 7.51. The summed E-state index contributed by atoms with van der Waals surface area (Å²) >= 11 is 0. The quantitative estimate of drug-likeness (QED) is 0.474. The number of nitrogens with zero attached hydrogens (tertiary/aromatic N) is 2. The molecular formula is C15H17F3N2O4. The maximum atomic E-state index is 12.7. The van der Waals surface area contributed by atoms with E-state index in [2.05, 4.69) is 0 Å². The van der Waals surface area contributed by atoms with Crippen LogP contribution >= 0.6 is 0 Å². The number of piperidine rings is 1. The monoisotopic (exact) mass is 346 g/mol. The van der Waals surface area contributed by atoms with E-state index >= 15 is 0 Å². The molecule has 6 nitrogen and oxygen atoms in total. The highest BCUT2D eigenvalue weighted by atomic mass is 19.4. The van der Waals surface area contributed by atoms with Gasteiger partial charge in [0.1, 0.15) is 5.69 Å². The van der Waals surface area contributed by atoms with Gasteiger partial charge in [0.25, 0.3) is 5.69 Å². The van der Waals surface area contributed by atoms with Gasteiger partial charge in [-0.05, 0) is 31.9 Å². The molecule has 132 valence electrons. The van der Waals surface area contributed by atoms with Gasteiger partial charge in [0.05, 0.1) is 23.0 Å². The number of halogens is 3. The van der Waals surface area contributed by atoms with Crippen molar-refractivity contribution in [2.24, 2.45) is 5.92 Å². The lowest BCUT2D eigenvalue weighted by molar-refractivity contribution is -0.384. The van der Waals surface area contributed by atoms with Crippen LogP contribution in [0.3, 0.4) is 0 Å². The van der Waals surface area contributed by atoms with Gasteiger partial charge in [-0.2, -0.15) is 13.2 Å². The Hall–Kier alpha value is -2.32. The minimum Gasteiger partial charge on any atom is -0.462 e. The minimum absolute atomic E-state index is 0.0393. The van der Waals surface area contributed by atoms with E-state index in [1.54, 1.807) is 11.8 Å². The summed E-state index contributed by atoms with van der Waals surface area (Å²) in [5, 5.41) is 11.3. The first kappa shape index (κ1) is 18.0. The summed E-state index contributed by atoms with van der Waals surface area (Å²) in [5.74, 6) is -2.06. The Morgan fingerprint density at radius 1 is 1.38 bits per heavy atom. The first-order chi connectivity index (χ1) is 11.2. The van der Waals surface area contributed by atoms with Gasteiger partial charge in [0, 0.05) is 19.2 Å². The maximum absolute atomic E-state index is 12.7. The Labute approximate surface area is 136 Å². The molecule has 0 unspecified atom stereocenters. The van der Waals surface area contributed by atoms with E-state index in [4.69, 9.17) is 4.74 Å². The van der Waals surface area contributed by atoms with Crippen molar-refractivity contribution in [3.05, 3.63) is 33.9 Å². The van der Waals surface area contributed by atoms with Crippen molar-refractivity contribution in [2.75, 3.05) is 24.6 Å². The SMILES string of the molecule is CCOC(=O)c1ccc(N2CCC(C(F)(F)F)CC2)c([N+](=O)[O-])c1. The molecular weight excluding hydrogens is 329 g/mol. The fraction of sp³-hybridized carbons (Fsp3) is 0.533. The zero-order valence-electron chi connectivity index (χ0n) is 13.0. The van der Waals surface area contributed by atoms with Gasteiger partial charge in [0.2, 0.25) is 0 Å². The highest BCUT2D eigenvalue weighted by Crippen LogP contribution is 2.37. The molecule has 1 aromatic rings. The summed E-state index contributed by atoms with van der Waals surface area (Å²) in [7, 11) is 0. The second kappa shape index (κ2) is 7.06. The fourth-order valence-corrected chi connectivity index (χ4v) is 2.73. The van der Waals surface area contributed by atoms with Crippen molar-refractivity contribution in [3.63, 3.8) is 0 Å². The number of carbonyl (C=O) groups excluding carboxylic acids is 1. The van der Waals surface area contributed by atoms with Gasteiger partial charge in [-0.25, -0.2) is 4.79 Å². The Morgan fingerprint density at radius 3 is 2.50 bits per heavy atom. The number of anilines is 1. The van der Waals surface area contributed by atoms with Gasteiger partial charge >= 0.3 is 12.1 Å². The van der Waals surface area contributed by atoms with E-state index in [0.717, 1.165) is 6.07 Å². The summed E-state index contributed by atoms with van der Waals surface area (Å²) in [6.45, 7) is 1.90. The largest absolute Gasteiger partial charge is 0.462 e. The number of benzene rings is 1. The normalized spacial score (nSPS) is 16.1. The molecule has 0 spiro atoms. The predicted octanol–water partition coefficient (Wildman–Crippen LogP) is 3.55. The van der Waals surface area contributed by atoms with E-state index in [1.807, 2.05) is 0 Å². The van der Waals surface area contributed by atoms with Crippen LogP contribution in [0.4, 0.5) is 24.5 Å². The Morgan fingerprint density at radius 2 is 2.00 bits per heavy atom. The molecule has 0 aromatic heterocycles. The summed E-state index contributed by atoms with van der Waals surface area (Å²) in [5.41, 5.74) is -0.0582. The van der Waals surface area contributed by atoms with E-state index in [-0.39, 0.29) is 49.5 Å². The van der Waals surface area contributed by atoms with E-state index in [1.165, 1.54) is 12.1 Å². The van der Waals surface area contributed by atoms with Crippen molar-refractivity contribution in [1.29, 1.82) is 0 Å². The molecule has 0 amide bonds. The van der Waals surface area contributed by atoms with Crippen LogP contribution in [0.25, 0.3) is 0 Å². The Kier molecular flexibility index (Phi) is 5.30. The predicted molar refractivity (Wildman–Crippen MR) is 80.0 cm³/mol. The summed E-state index contributed by atoms with van der Waals surface area (Å²) in [6.07, 6.45) is -4.47. The molecule has 1 aliphatic rings. The summed E-state index contributed by atoms with van der Waals surface area (Å²) < 4.78 is 42.9. The number of alkyl halides is 3. The molecule has 0 N–H and O–H groups in total. The molecule has 0 radical (unpaired) electrons. The van der Waals surface area contributed by atoms with Crippen molar-refractivity contribution >= 4 is 17.3 Å². The number of esters is 1. The smallest absolute Gasteiger partial charge is 0.391 e. The van der Waals surface area contributed by atoms with Crippen molar-refractivity contribution in [3.8, 4) is 0 Å². The number of carbonyl (C=O) groups is 1. The number of nitro benzene ring substituents is 1. The molecule has 1 saturated heterocycles. The van der Waals surface area contributed by atoms with Crippen LogP contribution in [0, 0.1) is 16.0 Å². The zero-order valence-corrected chi connectivity index (χ0v) is 13.0. The molecule has 0 bridgehead atoms. The number of hydrogen-bond acceptors (Lipinski definition) is 5. The van der Waals surface area contributed by atoms with Crippen LogP contribution in [0.5, 0.6) is 0 Å². The Bertz CT molecular complexity index is 626. The van der Waals surface area contributed by atoms with Crippen molar-refractivity contribution in [2.45, 2.75) is 25.9 Å². The van der Waals surface area contributed by atoms with E-state index in [9.17, 15) is 28.1 Å². The van der Waals surface area contributed by atoms with Crippen molar-refractivity contribution in [1.82, 2.24) is 0 Å². The Balaban J connectivity index is 2.22. The first-order valence-corrected chi connectivity index (χ1v) is 7.51. The van der Waals surface area contributed by atoms with E-state index < -0.39 is 23.0 Å². The topological polar surface area (TPSA) is 72.7 Å². The third-order valence-corrected chi connectivity index (χ3v) is 3.98. The second-order valence-corrected chi connectivity index (χ2v) is 5.48. The van der Waals surface area contributed by atoms with Crippen LogP contribution in [0.1, 0.15) is 30.1 Å². The maximum Gasteiger partial charge on any atom is 0.391 e. The van der Waals surface area contributed by atoms with Crippen molar-refractivity contribution < 1.29 is 27.6 Å². The summed E-state index contributed by atoms with van der Waals surface area (Å²) in [4.78, 5) is 23.9. The van der Waals surface area contributed by atoms with Crippen LogP contribution in [-0.4, -0.2) is 36.8 Å². The number of rotatable bonds is 4. The third-order valence-electron chi connectivity index (χ3n) is 3.98. The van der Waals surface area contributed by atoms with Gasteiger partial charge in [0.15, 0.2) is 0 Å². The lowest BCUT2D eigenvalue weighted by atomic mass is 9.95. The number of ether oxygens (including phenoxy) is 1. The molecule has 0 aliphatic carbocycles. The summed E-state index contributed by atoms with van der Waals surface area (Å²) in [6, 6.07) is 3.87. The molecule has 24 heavy (non-hydrogen) atoms. The van der Waals surface area contributed by atoms with Crippen LogP contribution < -0.4 is 4.90 Å². The molecule has 1 aliphatic heterocycles. The molecule has 1 heterocycles. The second-order valence-electron chi connectivity index (χ2n) is 5.48. The number of hydrogen-bond donors (Lipinski definition) is 0. The van der Waals surface area contributed by atoms with Gasteiger partial charge in [-0.1, -0.05) is 0 Å². The van der Waals surface area contributed by atoms with Gasteiger partial charge in [-0.3, -0.25) is 10.1 Å². The van der Waals surface area contributed by atoms with Gasteiger partial charge < -0.3 is 9.64 Å². The third kappa shape index (κ3) is 3.95. The molecule has 9 heteroatoms. The highest BCUT2D eigenvalue weighted by Gasteiger charge is 2.41. The standard InChI is InChI=1S/C15H17F3N2O4/c1-2-24-14(21)10-3-4-12(13(9-10)20(22)23)19-7-5-11(6-8-19)15(16,17)18/h3-4,9,11H,2,5-8H2,1H3. The number of nitro groups is 1. The van der Waals surface area contributed by atoms with Gasteiger partial charge in [-0.15, -0.1) is 0 Å². The minimum atomic E-state index is -4.24.